The van der Waals surface area contributed by atoms with Crippen LogP contribution in [0.15, 0.2) is 84.5 Å². The normalized spacial score (nSPS) is 14.1. The molecule has 5 rings (SSSR count). The number of carbonyl (C=O) groups excluding carboxylic acids is 2. The summed E-state index contributed by atoms with van der Waals surface area (Å²) in [6.07, 6.45) is 1.66. The van der Waals surface area contributed by atoms with Gasteiger partial charge in [0.25, 0.3) is 11.5 Å². The lowest BCUT2D eigenvalue weighted by atomic mass is 9.95. The Kier molecular flexibility index (Phi) is 10.0. The predicted molar refractivity (Wildman–Crippen MR) is 165 cm³/mol. The Morgan fingerprint density at radius 3 is 2.43 bits per heavy atom. The first-order chi connectivity index (χ1) is 20.9. The molecule has 3 heterocycles. The zero-order chi connectivity index (χ0) is 32.1. The number of benzene rings is 2. The molecule has 2 aromatic heterocycles. The van der Waals surface area contributed by atoms with Gasteiger partial charge in [-0.25, -0.2) is 9.79 Å². The number of carboxylic acids is 1. The Hall–Kier alpha value is -4.75. The Labute approximate surface area is 263 Å². The van der Waals surface area contributed by atoms with Crippen molar-refractivity contribution >= 4 is 51.3 Å². The maximum absolute atomic E-state index is 13.8. The van der Waals surface area contributed by atoms with Crippen molar-refractivity contribution in [3.63, 3.8) is 0 Å². The van der Waals surface area contributed by atoms with Crippen LogP contribution < -0.4 is 24.4 Å². The molecule has 0 bridgehead atoms. The van der Waals surface area contributed by atoms with Gasteiger partial charge in [-0.15, -0.1) is 0 Å². The number of carbonyl (C=O) groups is 3. The van der Waals surface area contributed by atoms with Gasteiger partial charge in [-0.05, 0) is 48.9 Å². The maximum atomic E-state index is 13.8. The van der Waals surface area contributed by atoms with E-state index in [0.29, 0.717) is 32.1 Å². The molecule has 44 heavy (non-hydrogen) atoms. The van der Waals surface area contributed by atoms with Crippen molar-refractivity contribution in [2.24, 2.45) is 4.99 Å². The van der Waals surface area contributed by atoms with E-state index in [1.54, 1.807) is 37.3 Å². The largest absolute Gasteiger partial charge is 0.493 e. The van der Waals surface area contributed by atoms with Crippen LogP contribution in [0.4, 0.5) is 0 Å². The number of methoxy groups -OCH3 is 2. The first kappa shape index (κ1) is 32.2. The molecule has 1 unspecified atom stereocenters. The summed E-state index contributed by atoms with van der Waals surface area (Å²) >= 11 is 4.65. The van der Waals surface area contributed by atoms with Crippen LogP contribution in [-0.2, 0) is 19.1 Å². The Bertz CT molecular complexity index is 1970. The number of carboxylic acid groups (broad SMARTS) is 1. The predicted octanol–water partition coefficient (Wildman–Crippen LogP) is 4.46. The zero-order valence-electron chi connectivity index (χ0n) is 24.2. The molecule has 1 N–H and O–H groups in total. The van der Waals surface area contributed by atoms with Gasteiger partial charge in [-0.3, -0.25) is 19.0 Å². The number of furan rings is 1. The van der Waals surface area contributed by atoms with Crippen molar-refractivity contribution in [2.75, 3.05) is 14.2 Å². The van der Waals surface area contributed by atoms with E-state index in [9.17, 15) is 14.4 Å². The minimum absolute atomic E-state index is 0.207. The van der Waals surface area contributed by atoms with Crippen LogP contribution in [0.1, 0.15) is 38.1 Å². The first-order valence-electron chi connectivity index (χ1n) is 13.0. The lowest BCUT2D eigenvalue weighted by Crippen LogP contribution is -2.39. The summed E-state index contributed by atoms with van der Waals surface area (Å²) in [6, 6.07) is 15.3. The SMILES string of the molecule is CC(=O)O.COC(=O)C1=C(C)N=c2s/c(=C/c3ccc(-c4cccc(Br)c4)o3)c(=O)n2C1c1ccc(OC(C)=O)c(OC)c1. The van der Waals surface area contributed by atoms with Crippen LogP contribution in [-0.4, -0.2) is 41.8 Å². The third kappa shape index (κ3) is 7.06. The molecule has 0 saturated heterocycles. The van der Waals surface area contributed by atoms with Crippen LogP contribution >= 0.6 is 27.3 Å². The number of allylic oxidation sites excluding steroid dienone is 1. The molecule has 0 radical (unpaired) electrons. The summed E-state index contributed by atoms with van der Waals surface area (Å²) in [7, 11) is 2.71. The average Bonchev–Trinajstić information content (AvgIpc) is 3.56. The van der Waals surface area contributed by atoms with Gasteiger partial charge in [0.15, 0.2) is 16.3 Å². The van der Waals surface area contributed by atoms with E-state index in [1.807, 2.05) is 30.3 Å². The van der Waals surface area contributed by atoms with Gasteiger partial charge in [0.2, 0.25) is 0 Å². The molecule has 1 atom stereocenters. The average molecular weight is 684 g/mol. The van der Waals surface area contributed by atoms with Crippen LogP contribution in [0.5, 0.6) is 11.5 Å². The third-order valence-electron chi connectivity index (χ3n) is 6.19. The molecule has 0 fully saturated rings. The van der Waals surface area contributed by atoms with Crippen molar-refractivity contribution in [2.45, 2.75) is 26.8 Å². The molecule has 11 nitrogen and oxygen atoms in total. The molecular formula is C31H27BrN2O9S. The van der Waals surface area contributed by atoms with Gasteiger partial charge >= 0.3 is 11.9 Å². The second-order valence-electron chi connectivity index (χ2n) is 9.31. The highest BCUT2D eigenvalue weighted by Gasteiger charge is 2.33. The number of aliphatic carboxylic acids is 1. The Morgan fingerprint density at radius 2 is 1.80 bits per heavy atom. The highest BCUT2D eigenvalue weighted by atomic mass is 79.9. The summed E-state index contributed by atoms with van der Waals surface area (Å²) < 4.78 is 24.5. The smallest absolute Gasteiger partial charge is 0.338 e. The van der Waals surface area contributed by atoms with E-state index < -0.39 is 23.9 Å². The molecular weight excluding hydrogens is 656 g/mol. The molecule has 1 aliphatic rings. The monoisotopic (exact) mass is 682 g/mol. The number of hydrogen-bond acceptors (Lipinski definition) is 10. The molecule has 0 spiro atoms. The highest BCUT2D eigenvalue weighted by molar-refractivity contribution is 9.10. The quantitative estimate of drug-likeness (QED) is 0.230. The van der Waals surface area contributed by atoms with Crippen molar-refractivity contribution < 1.29 is 38.1 Å². The van der Waals surface area contributed by atoms with Gasteiger partial charge in [-0.2, -0.15) is 0 Å². The third-order valence-corrected chi connectivity index (χ3v) is 7.67. The maximum Gasteiger partial charge on any atom is 0.338 e. The molecule has 0 saturated carbocycles. The number of fused-ring (bicyclic) bond motifs is 1. The summed E-state index contributed by atoms with van der Waals surface area (Å²) in [5.74, 6) is -0.329. The molecule has 0 amide bonds. The number of halogens is 1. The number of esters is 2. The summed E-state index contributed by atoms with van der Waals surface area (Å²) in [5, 5.41) is 7.42. The molecule has 1 aliphatic heterocycles. The fourth-order valence-corrected chi connectivity index (χ4v) is 5.88. The van der Waals surface area contributed by atoms with Gasteiger partial charge in [-0.1, -0.05) is 45.5 Å². The van der Waals surface area contributed by atoms with E-state index >= 15 is 0 Å². The highest BCUT2D eigenvalue weighted by Crippen LogP contribution is 2.36. The van der Waals surface area contributed by atoms with Crippen LogP contribution in [0.3, 0.4) is 0 Å². The molecule has 13 heteroatoms. The Morgan fingerprint density at radius 1 is 1.07 bits per heavy atom. The molecule has 4 aromatic rings. The number of rotatable bonds is 6. The number of ether oxygens (including phenoxy) is 3. The van der Waals surface area contributed by atoms with Crippen molar-refractivity contribution in [1.82, 2.24) is 4.57 Å². The number of nitrogens with zero attached hydrogens (tertiary/aromatic N) is 2. The minimum atomic E-state index is -0.861. The summed E-state index contributed by atoms with van der Waals surface area (Å²) in [6.45, 7) is 4.06. The number of aromatic nitrogens is 1. The van der Waals surface area contributed by atoms with Crippen LogP contribution in [0.25, 0.3) is 17.4 Å². The van der Waals surface area contributed by atoms with Crippen molar-refractivity contribution in [1.29, 1.82) is 0 Å². The lowest BCUT2D eigenvalue weighted by molar-refractivity contribution is -0.137. The zero-order valence-corrected chi connectivity index (χ0v) is 26.6. The summed E-state index contributed by atoms with van der Waals surface area (Å²) in [4.78, 5) is 52.2. The van der Waals surface area contributed by atoms with Crippen LogP contribution in [0, 0.1) is 0 Å². The minimum Gasteiger partial charge on any atom is -0.493 e. The topological polar surface area (TPSA) is 147 Å². The fourth-order valence-electron chi connectivity index (χ4n) is 4.46. The molecule has 228 valence electrons. The number of hydrogen-bond donors (Lipinski definition) is 1. The Balaban J connectivity index is 0.00000104. The lowest BCUT2D eigenvalue weighted by Gasteiger charge is -2.25. The first-order valence-corrected chi connectivity index (χ1v) is 14.6. The fraction of sp³-hybridized carbons (Fsp3) is 0.194. The second kappa shape index (κ2) is 13.7. The number of thiazole rings is 1. The van der Waals surface area contributed by atoms with Gasteiger partial charge in [0.05, 0.1) is 36.1 Å². The van der Waals surface area contributed by atoms with E-state index in [-0.39, 0.29) is 22.6 Å². The second-order valence-corrected chi connectivity index (χ2v) is 11.2. The van der Waals surface area contributed by atoms with Gasteiger partial charge < -0.3 is 23.7 Å². The molecule has 0 aliphatic carbocycles. The van der Waals surface area contributed by atoms with Gasteiger partial charge in [0, 0.05) is 30.0 Å². The van der Waals surface area contributed by atoms with E-state index in [0.717, 1.165) is 17.0 Å². The van der Waals surface area contributed by atoms with Crippen LogP contribution in [0.2, 0.25) is 0 Å². The van der Waals surface area contributed by atoms with Crippen molar-refractivity contribution in [3.05, 3.63) is 101 Å². The summed E-state index contributed by atoms with van der Waals surface area (Å²) in [5.41, 5.74) is 1.71. The van der Waals surface area contributed by atoms with E-state index in [4.69, 9.17) is 28.5 Å². The molecule has 2 aromatic carbocycles. The van der Waals surface area contributed by atoms with E-state index in [1.165, 1.54) is 37.0 Å². The van der Waals surface area contributed by atoms with Gasteiger partial charge in [0.1, 0.15) is 11.5 Å². The standard InChI is InChI=1S/C29H23BrN2O7S.C2H4O2/c1-15-25(28(35)37-4)26(18-8-10-22(38-16(2)33)23(13-18)36-3)32-27(34)24(40-29(32)31-15)14-20-9-11-21(39-20)17-6-5-7-19(30)12-17;1-2(3)4/h5-14,26H,1-4H3;1H3,(H,3,4)/b24-14+;. The van der Waals surface area contributed by atoms with E-state index in [2.05, 4.69) is 20.9 Å². The van der Waals surface area contributed by atoms with Crippen molar-refractivity contribution in [3.8, 4) is 22.8 Å².